The summed E-state index contributed by atoms with van der Waals surface area (Å²) in [4.78, 5) is 31.3. The van der Waals surface area contributed by atoms with Gasteiger partial charge in [-0.1, -0.05) is 16.5 Å². The van der Waals surface area contributed by atoms with Crippen LogP contribution in [0.5, 0.6) is 0 Å². The summed E-state index contributed by atoms with van der Waals surface area (Å²) in [7, 11) is 1.31. The highest BCUT2D eigenvalue weighted by Gasteiger charge is 2.20. The van der Waals surface area contributed by atoms with E-state index in [0.29, 0.717) is 15.8 Å². The Bertz CT molecular complexity index is 724. The van der Waals surface area contributed by atoms with Crippen molar-refractivity contribution >= 4 is 50.4 Å². The Labute approximate surface area is 132 Å². The van der Waals surface area contributed by atoms with Crippen LogP contribution in [0.25, 0.3) is 0 Å². The van der Waals surface area contributed by atoms with Crippen LogP contribution >= 0.6 is 22.7 Å². The maximum atomic E-state index is 12.2. The van der Waals surface area contributed by atoms with Crippen LogP contribution in [0.1, 0.15) is 5.69 Å². The smallest absolute Gasteiger partial charge is 0.280 e. The van der Waals surface area contributed by atoms with E-state index in [0.717, 1.165) is 11.3 Å². The summed E-state index contributed by atoms with van der Waals surface area (Å²) >= 11 is 2.33. The molecule has 2 aromatic rings. The second kappa shape index (κ2) is 6.95. The first-order valence-electron chi connectivity index (χ1n) is 5.81. The number of aliphatic carboxylic acids is 1. The SMILES string of the molecule is CON=C(C(=O)Nc1c[n+](CC(=O)[O-])cs1)c1csc(N)n1. The second-order valence-corrected chi connectivity index (χ2v) is 5.68. The van der Waals surface area contributed by atoms with Crippen LogP contribution in [0.15, 0.2) is 22.2 Å². The van der Waals surface area contributed by atoms with E-state index in [2.05, 4.69) is 20.3 Å². The predicted octanol–water partition coefficient (Wildman–Crippen LogP) is -1.19. The molecule has 22 heavy (non-hydrogen) atoms. The summed E-state index contributed by atoms with van der Waals surface area (Å²) in [5.74, 6) is -1.77. The number of nitrogen functional groups attached to an aromatic ring is 1. The van der Waals surface area contributed by atoms with Gasteiger partial charge in [0.05, 0.1) is 0 Å². The van der Waals surface area contributed by atoms with Crippen molar-refractivity contribution in [3.8, 4) is 0 Å². The van der Waals surface area contributed by atoms with Crippen molar-refractivity contribution in [3.05, 3.63) is 22.8 Å². The largest absolute Gasteiger partial charge is 0.544 e. The van der Waals surface area contributed by atoms with E-state index >= 15 is 0 Å². The second-order valence-electron chi connectivity index (χ2n) is 3.91. The van der Waals surface area contributed by atoms with Gasteiger partial charge in [0.2, 0.25) is 11.7 Å². The highest BCUT2D eigenvalue weighted by Crippen LogP contribution is 2.15. The molecular formula is C11H11N5O4S2. The minimum Gasteiger partial charge on any atom is -0.544 e. The molecule has 11 heteroatoms. The van der Waals surface area contributed by atoms with Gasteiger partial charge in [0.1, 0.15) is 18.8 Å². The van der Waals surface area contributed by atoms with Crippen molar-refractivity contribution in [2.24, 2.45) is 5.16 Å². The summed E-state index contributed by atoms with van der Waals surface area (Å²) in [5, 5.41) is 19.1. The molecule has 0 spiro atoms. The number of carbonyl (C=O) groups excluding carboxylic acids is 2. The minimum atomic E-state index is -1.22. The molecule has 0 unspecified atom stereocenters. The molecule has 3 N–H and O–H groups in total. The zero-order chi connectivity index (χ0) is 16.1. The molecule has 0 radical (unpaired) electrons. The Balaban J connectivity index is 2.13. The van der Waals surface area contributed by atoms with Gasteiger partial charge in [0.25, 0.3) is 5.91 Å². The Morgan fingerprint density at radius 3 is 2.91 bits per heavy atom. The van der Waals surface area contributed by atoms with Crippen LogP contribution in [0.2, 0.25) is 0 Å². The molecule has 0 atom stereocenters. The number of thiazole rings is 2. The van der Waals surface area contributed by atoms with Gasteiger partial charge in [0, 0.05) is 5.38 Å². The van der Waals surface area contributed by atoms with Crippen molar-refractivity contribution in [3.63, 3.8) is 0 Å². The van der Waals surface area contributed by atoms with Crippen molar-refractivity contribution in [2.45, 2.75) is 6.54 Å². The number of carboxylic acids is 1. The lowest BCUT2D eigenvalue weighted by molar-refractivity contribution is -0.685. The molecule has 0 aromatic carbocycles. The molecule has 116 valence electrons. The maximum absolute atomic E-state index is 12.2. The number of aromatic nitrogens is 2. The highest BCUT2D eigenvalue weighted by atomic mass is 32.1. The summed E-state index contributed by atoms with van der Waals surface area (Å²) < 4.78 is 1.38. The van der Waals surface area contributed by atoms with E-state index in [-0.39, 0.29) is 12.3 Å². The zero-order valence-corrected chi connectivity index (χ0v) is 12.9. The van der Waals surface area contributed by atoms with Crippen LogP contribution in [0.4, 0.5) is 10.1 Å². The first kappa shape index (κ1) is 15.9. The number of hydrogen-bond acceptors (Lipinski definition) is 9. The fourth-order valence-electron chi connectivity index (χ4n) is 1.49. The number of amides is 1. The molecule has 0 aliphatic carbocycles. The van der Waals surface area contributed by atoms with E-state index < -0.39 is 11.9 Å². The van der Waals surface area contributed by atoms with Gasteiger partial charge in [-0.25, -0.2) is 4.98 Å². The summed E-state index contributed by atoms with van der Waals surface area (Å²) in [6.07, 6.45) is 1.47. The average Bonchev–Trinajstić information content (AvgIpc) is 3.04. The quantitative estimate of drug-likeness (QED) is 0.386. The van der Waals surface area contributed by atoms with Crippen molar-refractivity contribution in [1.82, 2.24) is 4.98 Å². The third kappa shape index (κ3) is 3.99. The molecule has 2 heterocycles. The van der Waals surface area contributed by atoms with Crippen LogP contribution in [0, 0.1) is 0 Å². The lowest BCUT2D eigenvalue weighted by atomic mass is 10.3. The highest BCUT2D eigenvalue weighted by molar-refractivity contribution is 7.14. The fraction of sp³-hybridized carbons (Fsp3) is 0.182. The average molecular weight is 341 g/mol. The third-order valence-corrected chi connectivity index (χ3v) is 3.82. The van der Waals surface area contributed by atoms with Crippen LogP contribution in [0.3, 0.4) is 0 Å². The number of hydrogen-bond donors (Lipinski definition) is 2. The predicted molar refractivity (Wildman–Crippen MR) is 78.2 cm³/mol. The third-order valence-electron chi connectivity index (χ3n) is 2.31. The van der Waals surface area contributed by atoms with Gasteiger partial charge in [0.15, 0.2) is 22.4 Å². The van der Waals surface area contributed by atoms with E-state index in [1.54, 1.807) is 10.9 Å². The number of oxime groups is 1. The van der Waals surface area contributed by atoms with Gasteiger partial charge >= 0.3 is 0 Å². The summed E-state index contributed by atoms with van der Waals surface area (Å²) in [6, 6.07) is 0. The summed E-state index contributed by atoms with van der Waals surface area (Å²) in [5.41, 5.74) is 7.33. The van der Waals surface area contributed by atoms with E-state index in [1.165, 1.54) is 29.2 Å². The van der Waals surface area contributed by atoms with Gasteiger partial charge < -0.3 is 25.8 Å². The lowest BCUT2D eigenvalue weighted by Crippen LogP contribution is -2.42. The van der Waals surface area contributed by atoms with Crippen molar-refractivity contribution in [2.75, 3.05) is 18.2 Å². The molecule has 1 amide bonds. The lowest BCUT2D eigenvalue weighted by Gasteiger charge is -2.02. The first-order chi connectivity index (χ1) is 10.5. The number of carboxylic acid groups (broad SMARTS) is 1. The maximum Gasteiger partial charge on any atom is 0.280 e. The molecular weight excluding hydrogens is 330 g/mol. The number of rotatable bonds is 6. The first-order valence-corrected chi connectivity index (χ1v) is 7.57. The number of nitrogens with one attached hydrogen (secondary N) is 1. The molecule has 0 aliphatic rings. The van der Waals surface area contributed by atoms with Gasteiger partial charge in [-0.2, -0.15) is 4.57 Å². The topological polar surface area (TPSA) is 134 Å². The number of anilines is 2. The number of nitrogens with two attached hydrogens (primary N) is 1. The van der Waals surface area contributed by atoms with Crippen LogP contribution in [-0.4, -0.2) is 29.7 Å². The number of nitrogens with zero attached hydrogens (tertiary/aromatic N) is 3. The Kier molecular flexibility index (Phi) is 5.01. The van der Waals surface area contributed by atoms with Crippen LogP contribution in [-0.2, 0) is 21.0 Å². The Morgan fingerprint density at radius 2 is 2.32 bits per heavy atom. The molecule has 0 bridgehead atoms. The molecule has 2 rings (SSSR count). The van der Waals surface area contributed by atoms with E-state index in [1.807, 2.05) is 0 Å². The van der Waals surface area contributed by atoms with Gasteiger partial charge in [-0.3, -0.25) is 4.79 Å². The van der Waals surface area contributed by atoms with E-state index in [9.17, 15) is 14.7 Å². The standard InChI is InChI=1S/C11H11N5O4S2/c1-20-15-9(6-4-21-11(12)13-6)10(19)14-7-2-16(5-22-7)3-8(17)18/h2,4-5H,3H2,1H3,(H3-,12,13,14,17,18,19). The monoisotopic (exact) mass is 341 g/mol. The van der Waals surface area contributed by atoms with Crippen molar-refractivity contribution in [1.29, 1.82) is 0 Å². The van der Waals surface area contributed by atoms with E-state index in [4.69, 9.17) is 5.73 Å². The zero-order valence-electron chi connectivity index (χ0n) is 11.3. The van der Waals surface area contributed by atoms with Crippen LogP contribution < -0.4 is 20.7 Å². The van der Waals surface area contributed by atoms with Gasteiger partial charge in [-0.15, -0.1) is 11.3 Å². The van der Waals surface area contributed by atoms with Crippen molar-refractivity contribution < 1.29 is 24.1 Å². The fourth-order valence-corrected chi connectivity index (χ4v) is 2.77. The van der Waals surface area contributed by atoms with Gasteiger partial charge in [-0.05, 0) is 0 Å². The number of carbonyl (C=O) groups is 2. The molecule has 9 nitrogen and oxygen atoms in total. The Hall–Kier alpha value is -2.53. The Morgan fingerprint density at radius 1 is 1.55 bits per heavy atom. The summed E-state index contributed by atoms with van der Waals surface area (Å²) in [6.45, 7) is -0.298. The normalized spacial score (nSPS) is 11.2. The minimum absolute atomic E-state index is 0.0321. The molecule has 0 saturated heterocycles. The molecule has 0 fully saturated rings. The molecule has 0 saturated carbocycles. The molecule has 2 aromatic heterocycles. The molecule has 0 aliphatic heterocycles.